The van der Waals surface area contributed by atoms with Crippen molar-refractivity contribution in [3.05, 3.63) is 0 Å². The first-order chi connectivity index (χ1) is 8.15. The molecule has 6 nitrogen and oxygen atoms in total. The number of hydrogen-bond donors (Lipinski definition) is 1. The van der Waals surface area contributed by atoms with Gasteiger partial charge in [-0.15, -0.1) is 0 Å². The van der Waals surface area contributed by atoms with Crippen LogP contribution in [0, 0.1) is 0 Å². The summed E-state index contributed by atoms with van der Waals surface area (Å²) in [5, 5.41) is 2.38. The Morgan fingerprint density at radius 2 is 1.78 bits per heavy atom. The van der Waals surface area contributed by atoms with Gasteiger partial charge in [-0.1, -0.05) is 0 Å². The van der Waals surface area contributed by atoms with Crippen molar-refractivity contribution in [1.82, 2.24) is 5.32 Å². The summed E-state index contributed by atoms with van der Waals surface area (Å²) in [6.07, 6.45) is -0.402. The van der Waals surface area contributed by atoms with E-state index in [2.05, 4.69) is 10.1 Å². The number of amides is 1. The third-order valence-electron chi connectivity index (χ3n) is 1.75. The van der Waals surface area contributed by atoms with Gasteiger partial charge in [-0.25, -0.2) is 4.79 Å². The minimum atomic E-state index is -0.800. The lowest BCUT2D eigenvalue weighted by atomic mass is 10.2. The van der Waals surface area contributed by atoms with E-state index in [0.29, 0.717) is 0 Å². The summed E-state index contributed by atoms with van der Waals surface area (Å²) >= 11 is 0. The number of esters is 2. The molecule has 0 saturated carbocycles. The van der Waals surface area contributed by atoms with Gasteiger partial charge in [-0.05, 0) is 34.6 Å². The van der Waals surface area contributed by atoms with E-state index in [-0.39, 0.29) is 6.61 Å². The molecule has 0 aromatic rings. The van der Waals surface area contributed by atoms with Gasteiger partial charge in [-0.3, -0.25) is 9.59 Å². The molecule has 104 valence electrons. The van der Waals surface area contributed by atoms with Gasteiger partial charge < -0.3 is 14.8 Å². The molecule has 1 atom stereocenters. The quantitative estimate of drug-likeness (QED) is 0.583. The first-order valence-electron chi connectivity index (χ1n) is 5.83. The van der Waals surface area contributed by atoms with E-state index >= 15 is 0 Å². The third kappa shape index (κ3) is 7.65. The zero-order valence-electron chi connectivity index (χ0n) is 11.5. The normalized spacial score (nSPS) is 12.5. The Kier molecular flexibility index (Phi) is 6.36. The number of rotatable bonds is 5. The Labute approximate surface area is 107 Å². The van der Waals surface area contributed by atoms with Gasteiger partial charge in [0.1, 0.15) is 18.1 Å². The molecule has 0 bridgehead atoms. The molecule has 0 aliphatic heterocycles. The van der Waals surface area contributed by atoms with Crippen LogP contribution in [0.3, 0.4) is 0 Å². The number of hydrogen-bond acceptors (Lipinski definition) is 5. The fourth-order valence-corrected chi connectivity index (χ4v) is 1.08. The molecule has 0 aromatic carbocycles. The topological polar surface area (TPSA) is 81.7 Å². The number of ether oxygens (including phenoxy) is 2. The van der Waals surface area contributed by atoms with Crippen molar-refractivity contribution in [2.45, 2.75) is 52.7 Å². The van der Waals surface area contributed by atoms with Gasteiger partial charge in [0.2, 0.25) is 5.91 Å². The molecule has 0 fully saturated rings. The molecule has 18 heavy (non-hydrogen) atoms. The first kappa shape index (κ1) is 16.4. The Hall–Kier alpha value is -1.59. The zero-order valence-corrected chi connectivity index (χ0v) is 11.5. The van der Waals surface area contributed by atoms with E-state index in [1.807, 2.05) is 0 Å². The predicted molar refractivity (Wildman–Crippen MR) is 64.7 cm³/mol. The SMILES string of the molecule is CCOC(=O)CC(=O)N[C@@H](C)C(=O)OC(C)(C)C. The lowest BCUT2D eigenvalue weighted by Gasteiger charge is -2.22. The molecule has 1 N–H and O–H groups in total. The highest BCUT2D eigenvalue weighted by atomic mass is 16.6. The molecule has 0 radical (unpaired) electrons. The van der Waals surface area contributed by atoms with Gasteiger partial charge in [0.15, 0.2) is 0 Å². The Balaban J connectivity index is 4.15. The molecular weight excluding hydrogens is 238 g/mol. The molecule has 0 rings (SSSR count). The number of nitrogens with one attached hydrogen (secondary N) is 1. The second-order valence-electron chi connectivity index (χ2n) is 4.80. The van der Waals surface area contributed by atoms with Crippen molar-refractivity contribution in [3.8, 4) is 0 Å². The summed E-state index contributed by atoms with van der Waals surface area (Å²) in [5.74, 6) is -1.72. The fraction of sp³-hybridized carbons (Fsp3) is 0.750. The van der Waals surface area contributed by atoms with Crippen molar-refractivity contribution in [3.63, 3.8) is 0 Å². The maximum absolute atomic E-state index is 11.6. The van der Waals surface area contributed by atoms with Crippen molar-refractivity contribution in [1.29, 1.82) is 0 Å². The monoisotopic (exact) mass is 259 g/mol. The van der Waals surface area contributed by atoms with Crippen LogP contribution >= 0.6 is 0 Å². The first-order valence-corrected chi connectivity index (χ1v) is 5.83. The maximum Gasteiger partial charge on any atom is 0.328 e. The zero-order chi connectivity index (χ0) is 14.3. The second kappa shape index (κ2) is 6.98. The van der Waals surface area contributed by atoms with Gasteiger partial charge in [0.25, 0.3) is 0 Å². The maximum atomic E-state index is 11.6. The van der Waals surface area contributed by atoms with Crippen LogP contribution in [0.1, 0.15) is 41.0 Å². The molecule has 0 aliphatic carbocycles. The predicted octanol–water partition coefficient (Wildman–Crippen LogP) is 0.786. The number of carbonyl (C=O) groups excluding carboxylic acids is 3. The van der Waals surface area contributed by atoms with E-state index in [9.17, 15) is 14.4 Å². The van der Waals surface area contributed by atoms with Crippen LogP contribution < -0.4 is 5.32 Å². The van der Waals surface area contributed by atoms with Crippen LogP contribution in [0.5, 0.6) is 0 Å². The van der Waals surface area contributed by atoms with Crippen LogP contribution in [0.2, 0.25) is 0 Å². The highest BCUT2D eigenvalue weighted by molar-refractivity contribution is 5.96. The van der Waals surface area contributed by atoms with E-state index < -0.39 is 35.9 Å². The van der Waals surface area contributed by atoms with Crippen LogP contribution in [0.15, 0.2) is 0 Å². The lowest BCUT2D eigenvalue weighted by Crippen LogP contribution is -2.42. The molecule has 0 aliphatic rings. The second-order valence-corrected chi connectivity index (χ2v) is 4.80. The summed E-state index contributed by atoms with van der Waals surface area (Å²) in [6, 6.07) is -0.800. The number of carbonyl (C=O) groups is 3. The van der Waals surface area contributed by atoms with Crippen LogP contribution in [-0.2, 0) is 23.9 Å². The van der Waals surface area contributed by atoms with Gasteiger partial charge in [-0.2, -0.15) is 0 Å². The smallest absolute Gasteiger partial charge is 0.328 e. The van der Waals surface area contributed by atoms with E-state index in [0.717, 1.165) is 0 Å². The van der Waals surface area contributed by atoms with Crippen molar-refractivity contribution in [2.24, 2.45) is 0 Å². The Bertz CT molecular complexity index is 319. The highest BCUT2D eigenvalue weighted by Gasteiger charge is 2.23. The van der Waals surface area contributed by atoms with E-state index in [1.165, 1.54) is 6.92 Å². The van der Waals surface area contributed by atoms with E-state index in [4.69, 9.17) is 4.74 Å². The van der Waals surface area contributed by atoms with Crippen molar-refractivity contribution >= 4 is 17.8 Å². The fourth-order valence-electron chi connectivity index (χ4n) is 1.08. The Morgan fingerprint density at radius 3 is 2.22 bits per heavy atom. The molecular formula is C12H21NO5. The summed E-state index contributed by atoms with van der Waals surface area (Å²) in [7, 11) is 0. The lowest BCUT2D eigenvalue weighted by molar-refractivity contribution is -0.159. The van der Waals surface area contributed by atoms with Gasteiger partial charge >= 0.3 is 11.9 Å². The van der Waals surface area contributed by atoms with Crippen molar-refractivity contribution in [2.75, 3.05) is 6.61 Å². The average molecular weight is 259 g/mol. The highest BCUT2D eigenvalue weighted by Crippen LogP contribution is 2.08. The van der Waals surface area contributed by atoms with Crippen LogP contribution in [0.4, 0.5) is 0 Å². The summed E-state index contributed by atoms with van der Waals surface area (Å²) in [4.78, 5) is 34.0. The third-order valence-corrected chi connectivity index (χ3v) is 1.75. The van der Waals surface area contributed by atoms with Crippen LogP contribution in [-0.4, -0.2) is 36.1 Å². The Morgan fingerprint density at radius 1 is 1.22 bits per heavy atom. The van der Waals surface area contributed by atoms with E-state index in [1.54, 1.807) is 27.7 Å². The van der Waals surface area contributed by atoms with Gasteiger partial charge in [0.05, 0.1) is 6.61 Å². The molecule has 0 aromatic heterocycles. The molecule has 1 amide bonds. The summed E-state index contributed by atoms with van der Waals surface area (Å²) < 4.78 is 9.70. The largest absolute Gasteiger partial charge is 0.466 e. The minimum Gasteiger partial charge on any atom is -0.466 e. The molecule has 0 unspecified atom stereocenters. The van der Waals surface area contributed by atoms with Crippen molar-refractivity contribution < 1.29 is 23.9 Å². The van der Waals surface area contributed by atoms with Gasteiger partial charge in [0, 0.05) is 0 Å². The standard InChI is InChI=1S/C12H21NO5/c1-6-17-10(15)7-9(14)13-8(2)11(16)18-12(3,4)5/h8H,6-7H2,1-5H3,(H,13,14)/t8-/m0/s1. The molecule has 0 spiro atoms. The molecule has 6 heteroatoms. The van der Waals surface area contributed by atoms with Crippen LogP contribution in [0.25, 0.3) is 0 Å². The average Bonchev–Trinajstić information content (AvgIpc) is 2.14. The minimum absolute atomic E-state index is 0.216. The molecule has 0 heterocycles. The summed E-state index contributed by atoms with van der Waals surface area (Å²) in [5.41, 5.74) is -0.614. The summed E-state index contributed by atoms with van der Waals surface area (Å²) in [6.45, 7) is 8.57. The molecule has 0 saturated heterocycles.